The molecule has 0 spiro atoms. The smallest absolute Gasteiger partial charge is 0.190 e. The van der Waals surface area contributed by atoms with Crippen molar-refractivity contribution < 1.29 is 0 Å². The van der Waals surface area contributed by atoms with Gasteiger partial charge >= 0.3 is 0 Å². The molecule has 0 radical (unpaired) electrons. The van der Waals surface area contributed by atoms with Gasteiger partial charge in [-0.1, -0.05) is 23.7 Å². The fourth-order valence-electron chi connectivity index (χ4n) is 2.67. The van der Waals surface area contributed by atoms with Gasteiger partial charge in [0.15, 0.2) is 5.96 Å². The summed E-state index contributed by atoms with van der Waals surface area (Å²) in [5, 5.41) is 7.56. The molecule has 1 fully saturated rings. The number of halogens is 2. The normalized spacial score (nSPS) is 18.9. The third-order valence-electron chi connectivity index (χ3n) is 3.87. The summed E-state index contributed by atoms with van der Waals surface area (Å²) in [7, 11) is 3.99. The Morgan fingerprint density at radius 1 is 1.41 bits per heavy atom. The molecule has 4 nitrogen and oxygen atoms in total. The number of nitrogens with zero attached hydrogens (tertiary/aromatic N) is 2. The molecule has 1 atom stereocenters. The van der Waals surface area contributed by atoms with Gasteiger partial charge in [-0.05, 0) is 50.0 Å². The molecule has 1 unspecified atom stereocenters. The van der Waals surface area contributed by atoms with Crippen LogP contribution >= 0.6 is 35.6 Å². The lowest BCUT2D eigenvalue weighted by atomic mass is 10.1. The highest BCUT2D eigenvalue weighted by atomic mass is 127. The summed E-state index contributed by atoms with van der Waals surface area (Å²) in [6.45, 7) is 4.21. The lowest BCUT2D eigenvalue weighted by molar-refractivity contribution is 0.394. The van der Waals surface area contributed by atoms with E-state index in [4.69, 9.17) is 11.6 Å². The van der Waals surface area contributed by atoms with E-state index < -0.39 is 0 Å². The van der Waals surface area contributed by atoms with Crippen LogP contribution < -0.4 is 10.6 Å². The third-order valence-corrected chi connectivity index (χ3v) is 4.10. The summed E-state index contributed by atoms with van der Waals surface area (Å²) in [5.74, 6) is 1.60. The van der Waals surface area contributed by atoms with E-state index >= 15 is 0 Å². The van der Waals surface area contributed by atoms with Crippen molar-refractivity contribution >= 4 is 41.5 Å². The molecule has 22 heavy (non-hydrogen) atoms. The van der Waals surface area contributed by atoms with Gasteiger partial charge in [-0.3, -0.25) is 4.99 Å². The summed E-state index contributed by atoms with van der Waals surface area (Å²) in [6, 6.07) is 7.99. The van der Waals surface area contributed by atoms with Gasteiger partial charge in [-0.15, -0.1) is 24.0 Å². The molecule has 1 heterocycles. The number of guanidine groups is 1. The van der Waals surface area contributed by atoms with Crippen LogP contribution in [0.15, 0.2) is 29.3 Å². The highest BCUT2D eigenvalue weighted by Gasteiger charge is 2.19. The van der Waals surface area contributed by atoms with Gasteiger partial charge < -0.3 is 15.5 Å². The van der Waals surface area contributed by atoms with Gasteiger partial charge in [-0.25, -0.2) is 0 Å². The maximum Gasteiger partial charge on any atom is 0.190 e. The van der Waals surface area contributed by atoms with Gasteiger partial charge in [0.2, 0.25) is 0 Å². The Hall–Kier alpha value is -0.530. The van der Waals surface area contributed by atoms with Gasteiger partial charge in [-0.2, -0.15) is 0 Å². The maximum atomic E-state index is 5.99. The first-order valence-electron chi connectivity index (χ1n) is 7.55. The molecule has 0 aliphatic carbocycles. The number of benzene rings is 1. The molecule has 1 saturated heterocycles. The molecule has 6 heteroatoms. The molecule has 0 aromatic heterocycles. The highest BCUT2D eigenvalue weighted by molar-refractivity contribution is 14.0. The van der Waals surface area contributed by atoms with Crippen LogP contribution in [0.2, 0.25) is 5.02 Å². The molecule has 0 amide bonds. The lowest BCUT2D eigenvalue weighted by Gasteiger charge is -2.15. The van der Waals surface area contributed by atoms with Crippen molar-refractivity contribution in [3.8, 4) is 0 Å². The number of hydrogen-bond donors (Lipinski definition) is 2. The standard InChI is InChI=1S/C16H25ClN4.HI/c1-18-16(20-11-14-7-9-21(2)12-14)19-8-6-13-4-3-5-15(17)10-13;/h3-5,10,14H,6-9,11-12H2,1-2H3,(H2,18,19,20);1H. The molecule has 2 rings (SSSR count). The first kappa shape index (κ1) is 19.5. The predicted octanol–water partition coefficient (Wildman–Crippen LogP) is 2.62. The molecule has 1 aliphatic rings. The number of aliphatic imine (C=N–C) groups is 1. The zero-order valence-corrected chi connectivity index (χ0v) is 16.4. The van der Waals surface area contributed by atoms with Crippen molar-refractivity contribution in [1.29, 1.82) is 0 Å². The molecular formula is C16H26ClIN4. The molecule has 0 bridgehead atoms. The number of rotatable bonds is 5. The van der Waals surface area contributed by atoms with Crippen LogP contribution in [-0.2, 0) is 6.42 Å². The molecule has 2 N–H and O–H groups in total. The van der Waals surface area contributed by atoms with Gasteiger partial charge in [0.1, 0.15) is 0 Å². The summed E-state index contributed by atoms with van der Waals surface area (Å²) >= 11 is 5.99. The van der Waals surface area contributed by atoms with Crippen molar-refractivity contribution in [3.05, 3.63) is 34.9 Å². The van der Waals surface area contributed by atoms with E-state index in [9.17, 15) is 0 Å². The monoisotopic (exact) mass is 436 g/mol. The van der Waals surface area contributed by atoms with Gasteiger partial charge in [0.05, 0.1) is 0 Å². The Morgan fingerprint density at radius 3 is 2.86 bits per heavy atom. The quantitative estimate of drug-likeness (QED) is 0.423. The predicted molar refractivity (Wildman–Crippen MR) is 106 cm³/mol. The van der Waals surface area contributed by atoms with Crippen LogP contribution in [0, 0.1) is 5.92 Å². The topological polar surface area (TPSA) is 39.7 Å². The van der Waals surface area contributed by atoms with Crippen molar-refractivity contribution in [3.63, 3.8) is 0 Å². The molecule has 1 aromatic rings. The average molecular weight is 437 g/mol. The molecule has 0 saturated carbocycles. The lowest BCUT2D eigenvalue weighted by Crippen LogP contribution is -2.41. The molecule has 1 aliphatic heterocycles. The van der Waals surface area contributed by atoms with E-state index in [2.05, 4.69) is 33.6 Å². The first-order chi connectivity index (χ1) is 10.2. The Bertz CT molecular complexity index is 481. The van der Waals surface area contributed by atoms with Crippen molar-refractivity contribution in [2.45, 2.75) is 12.8 Å². The number of likely N-dealkylation sites (tertiary alicyclic amines) is 1. The van der Waals surface area contributed by atoms with E-state index in [-0.39, 0.29) is 24.0 Å². The highest BCUT2D eigenvalue weighted by Crippen LogP contribution is 2.12. The summed E-state index contributed by atoms with van der Waals surface area (Å²) in [4.78, 5) is 6.65. The zero-order valence-electron chi connectivity index (χ0n) is 13.3. The average Bonchev–Trinajstić information content (AvgIpc) is 2.88. The van der Waals surface area contributed by atoms with Crippen LogP contribution in [0.25, 0.3) is 0 Å². The Balaban J connectivity index is 0.00000242. The Kier molecular flexibility index (Phi) is 9.12. The largest absolute Gasteiger partial charge is 0.356 e. The van der Waals surface area contributed by atoms with Crippen LogP contribution in [0.5, 0.6) is 0 Å². The number of hydrogen-bond acceptors (Lipinski definition) is 2. The van der Waals surface area contributed by atoms with Gasteiger partial charge in [0.25, 0.3) is 0 Å². The van der Waals surface area contributed by atoms with E-state index in [0.717, 1.165) is 36.4 Å². The zero-order chi connectivity index (χ0) is 15.1. The summed E-state index contributed by atoms with van der Waals surface area (Å²) in [5.41, 5.74) is 1.24. The fraction of sp³-hybridized carbons (Fsp3) is 0.562. The SMILES string of the molecule is CN=C(NCCc1cccc(Cl)c1)NCC1CCN(C)C1.I. The first-order valence-corrected chi connectivity index (χ1v) is 7.92. The fourth-order valence-corrected chi connectivity index (χ4v) is 2.89. The molecular weight excluding hydrogens is 411 g/mol. The Labute approximate surface area is 155 Å². The molecule has 1 aromatic carbocycles. The summed E-state index contributed by atoms with van der Waals surface area (Å²) in [6.07, 6.45) is 2.20. The minimum Gasteiger partial charge on any atom is -0.356 e. The molecule has 124 valence electrons. The maximum absolute atomic E-state index is 5.99. The van der Waals surface area contributed by atoms with E-state index in [1.165, 1.54) is 25.1 Å². The van der Waals surface area contributed by atoms with Gasteiger partial charge in [0, 0.05) is 31.7 Å². The van der Waals surface area contributed by atoms with E-state index in [1.54, 1.807) is 0 Å². The summed E-state index contributed by atoms with van der Waals surface area (Å²) < 4.78 is 0. The second-order valence-electron chi connectivity index (χ2n) is 5.68. The van der Waals surface area contributed by atoms with Crippen molar-refractivity contribution in [2.75, 3.05) is 40.3 Å². The van der Waals surface area contributed by atoms with Crippen LogP contribution in [0.3, 0.4) is 0 Å². The Morgan fingerprint density at radius 2 is 2.23 bits per heavy atom. The minimum atomic E-state index is 0. The second-order valence-corrected chi connectivity index (χ2v) is 6.11. The van der Waals surface area contributed by atoms with Crippen molar-refractivity contribution in [1.82, 2.24) is 15.5 Å². The van der Waals surface area contributed by atoms with Crippen LogP contribution in [0.1, 0.15) is 12.0 Å². The van der Waals surface area contributed by atoms with Crippen molar-refractivity contribution in [2.24, 2.45) is 10.9 Å². The van der Waals surface area contributed by atoms with Crippen LogP contribution in [0.4, 0.5) is 0 Å². The number of nitrogens with one attached hydrogen (secondary N) is 2. The minimum absolute atomic E-state index is 0. The van der Waals surface area contributed by atoms with E-state index in [0.29, 0.717) is 0 Å². The van der Waals surface area contributed by atoms with Crippen LogP contribution in [-0.4, -0.2) is 51.1 Å². The van der Waals surface area contributed by atoms with E-state index in [1.807, 2.05) is 25.2 Å². The second kappa shape index (κ2) is 10.3. The third kappa shape index (κ3) is 6.71.